The number of aliphatic hydroxyl groups excluding tert-OH is 1. The molecule has 0 spiro atoms. The van der Waals surface area contributed by atoms with Gasteiger partial charge in [0.2, 0.25) is 0 Å². The van der Waals surface area contributed by atoms with E-state index in [0.29, 0.717) is 40.9 Å². The maximum absolute atomic E-state index is 15.1. The lowest BCUT2D eigenvalue weighted by Crippen LogP contribution is -2.33. The third-order valence-electron chi connectivity index (χ3n) is 7.05. The van der Waals surface area contributed by atoms with E-state index in [-0.39, 0.29) is 35.7 Å². The van der Waals surface area contributed by atoms with Gasteiger partial charge in [0.15, 0.2) is 11.8 Å². The number of aromatic nitrogens is 3. The van der Waals surface area contributed by atoms with Crippen molar-refractivity contribution in [2.75, 3.05) is 6.61 Å². The highest BCUT2D eigenvalue weighted by Gasteiger charge is 2.16. The Balaban J connectivity index is 1.50. The Bertz CT molecular complexity index is 1600. The van der Waals surface area contributed by atoms with E-state index in [4.69, 9.17) is 28.8 Å². The number of H-pyrrole nitrogens is 1. The van der Waals surface area contributed by atoms with Gasteiger partial charge in [-0.2, -0.15) is 4.98 Å². The summed E-state index contributed by atoms with van der Waals surface area (Å²) in [6, 6.07) is 12.5. The lowest BCUT2D eigenvalue weighted by Gasteiger charge is -2.18. The van der Waals surface area contributed by atoms with Crippen LogP contribution in [0.25, 0.3) is 28.0 Å². The van der Waals surface area contributed by atoms with Crippen LogP contribution in [0.2, 0.25) is 5.02 Å². The van der Waals surface area contributed by atoms with Gasteiger partial charge in [-0.3, -0.25) is 4.57 Å². The number of guanidine groups is 1. The van der Waals surface area contributed by atoms with Crippen LogP contribution >= 0.6 is 11.6 Å². The summed E-state index contributed by atoms with van der Waals surface area (Å²) in [6.45, 7) is 4.38. The molecule has 12 heteroatoms. The second-order valence-electron chi connectivity index (χ2n) is 10.8. The van der Waals surface area contributed by atoms with Crippen molar-refractivity contribution < 1.29 is 9.50 Å². The number of aliphatic imine (C=N–C) groups is 1. The van der Waals surface area contributed by atoms with E-state index in [2.05, 4.69) is 20.3 Å². The molecule has 9 N–H and O–H groups in total. The molecular weight excluding hydrogens is 559 g/mol. The van der Waals surface area contributed by atoms with Crippen molar-refractivity contribution in [2.24, 2.45) is 22.2 Å². The molecular formula is C30H38ClFN8O2. The Kier molecular flexibility index (Phi) is 10.3. The maximum atomic E-state index is 15.1. The van der Waals surface area contributed by atoms with Gasteiger partial charge in [-0.05, 0) is 81.0 Å². The lowest BCUT2D eigenvalue weighted by atomic mass is 10.0. The molecule has 0 amide bonds. The Morgan fingerprint density at radius 1 is 1.19 bits per heavy atom. The molecule has 42 heavy (non-hydrogen) atoms. The summed E-state index contributed by atoms with van der Waals surface area (Å²) in [5.41, 5.74) is 20.0. The van der Waals surface area contributed by atoms with Crippen molar-refractivity contribution in [3.8, 4) is 16.9 Å². The molecule has 0 aliphatic carbocycles. The number of nitrogens with two attached hydrogens (primary N) is 3. The maximum Gasteiger partial charge on any atom is 0.354 e. The molecule has 2 heterocycles. The third-order valence-corrected chi connectivity index (χ3v) is 7.32. The van der Waals surface area contributed by atoms with E-state index in [1.54, 1.807) is 24.4 Å². The highest BCUT2D eigenvalue weighted by molar-refractivity contribution is 6.31. The number of nitrogens with zero attached hydrogens (tertiary/aromatic N) is 3. The Morgan fingerprint density at radius 2 is 1.93 bits per heavy atom. The SMILES string of the molecule is C[C@H](N)CCCc1cc(Cl)c(F)c(-c2cc3cn(-c4ccc(CN[C@@H](C)C[C@@H](CO)N=C(N)N)cc4)c(=O)nc3[nH]2)c1. The van der Waals surface area contributed by atoms with Gasteiger partial charge in [0, 0.05) is 35.8 Å². The molecule has 2 aromatic heterocycles. The molecule has 4 rings (SSSR count). The van der Waals surface area contributed by atoms with Gasteiger partial charge in [-0.15, -0.1) is 0 Å². The Labute approximate surface area is 248 Å². The molecule has 0 radical (unpaired) electrons. The second kappa shape index (κ2) is 13.9. The van der Waals surface area contributed by atoms with Crippen LogP contribution in [0.4, 0.5) is 4.39 Å². The van der Waals surface area contributed by atoms with Crippen LogP contribution in [0.5, 0.6) is 0 Å². The van der Waals surface area contributed by atoms with Gasteiger partial charge in [0.25, 0.3) is 0 Å². The van der Waals surface area contributed by atoms with Crippen molar-refractivity contribution in [1.29, 1.82) is 0 Å². The number of nitrogens with one attached hydrogen (secondary N) is 2. The Hall–Kier alpha value is -3.77. The molecule has 0 saturated heterocycles. The normalized spacial score (nSPS) is 13.7. The average molecular weight is 597 g/mol. The summed E-state index contributed by atoms with van der Waals surface area (Å²) in [7, 11) is 0. The topological polar surface area (TPSA) is 173 Å². The highest BCUT2D eigenvalue weighted by atomic mass is 35.5. The first-order valence-electron chi connectivity index (χ1n) is 13.9. The number of aromatic amines is 1. The lowest BCUT2D eigenvalue weighted by molar-refractivity contribution is 0.251. The average Bonchev–Trinajstić information content (AvgIpc) is 3.35. The summed E-state index contributed by atoms with van der Waals surface area (Å²) in [5, 5.41) is 13.5. The van der Waals surface area contributed by atoms with Crippen LogP contribution in [0, 0.1) is 5.82 Å². The van der Waals surface area contributed by atoms with Crippen LogP contribution in [0.1, 0.15) is 44.2 Å². The second-order valence-corrected chi connectivity index (χ2v) is 11.2. The number of aliphatic hydroxyl groups is 1. The fourth-order valence-corrected chi connectivity index (χ4v) is 5.12. The van der Waals surface area contributed by atoms with Crippen molar-refractivity contribution in [3.63, 3.8) is 0 Å². The number of rotatable bonds is 13. The van der Waals surface area contributed by atoms with Crippen LogP contribution in [-0.2, 0) is 13.0 Å². The Morgan fingerprint density at radius 3 is 2.60 bits per heavy atom. The van der Waals surface area contributed by atoms with Gasteiger partial charge in [0.05, 0.1) is 29.1 Å². The zero-order chi connectivity index (χ0) is 30.4. The van der Waals surface area contributed by atoms with Crippen molar-refractivity contribution in [3.05, 3.63) is 81.1 Å². The number of fused-ring (bicyclic) bond motifs is 1. The van der Waals surface area contributed by atoms with Crippen molar-refractivity contribution in [1.82, 2.24) is 19.9 Å². The standard InChI is InChI=1S/C30H38ClFN8O2/c1-17(33)4-3-5-20-11-24(27(32)25(31)12-20)26-13-21-15-40(30(42)39-28(21)38-26)23-8-6-19(7-9-23)14-36-18(2)10-22(16-41)37-29(34)35/h6-9,11-13,15,17-18,22,36,41H,3-5,10,14,16,33H2,1-2H3,(H4,34,35,37)(H,38,39,42)/t17-,18-,22-/m0/s1. The molecule has 3 atom stereocenters. The van der Waals surface area contributed by atoms with E-state index >= 15 is 4.39 Å². The smallest absolute Gasteiger partial charge is 0.354 e. The quantitative estimate of drug-likeness (QED) is 0.101. The molecule has 0 saturated carbocycles. The molecule has 0 aliphatic heterocycles. The predicted molar refractivity (Wildman–Crippen MR) is 166 cm³/mol. The van der Waals surface area contributed by atoms with Crippen LogP contribution in [-0.4, -0.2) is 50.3 Å². The van der Waals surface area contributed by atoms with Crippen LogP contribution in [0.3, 0.4) is 0 Å². The zero-order valence-electron chi connectivity index (χ0n) is 23.8. The molecule has 2 aromatic carbocycles. The fraction of sp³-hybridized carbons (Fsp3) is 0.367. The number of benzene rings is 2. The fourth-order valence-electron chi connectivity index (χ4n) is 4.87. The molecule has 224 valence electrons. The summed E-state index contributed by atoms with van der Waals surface area (Å²) >= 11 is 6.23. The molecule has 10 nitrogen and oxygen atoms in total. The van der Waals surface area contributed by atoms with E-state index in [0.717, 1.165) is 30.4 Å². The van der Waals surface area contributed by atoms with E-state index in [9.17, 15) is 9.90 Å². The minimum absolute atomic E-state index is 0.0421. The first-order chi connectivity index (χ1) is 20.0. The predicted octanol–water partition coefficient (Wildman–Crippen LogP) is 3.35. The molecule has 0 bridgehead atoms. The molecule has 4 aromatic rings. The number of halogens is 2. The highest BCUT2D eigenvalue weighted by Crippen LogP contribution is 2.31. The summed E-state index contributed by atoms with van der Waals surface area (Å²) in [4.78, 5) is 24.2. The van der Waals surface area contributed by atoms with Crippen LogP contribution < -0.4 is 28.2 Å². The minimum atomic E-state index is -0.531. The number of hydrogen-bond donors (Lipinski definition) is 6. The first-order valence-corrected chi connectivity index (χ1v) is 14.3. The van der Waals surface area contributed by atoms with E-state index < -0.39 is 11.5 Å². The number of aryl methyl sites for hydroxylation is 1. The summed E-state index contributed by atoms with van der Waals surface area (Å²) in [6.07, 6.45) is 4.70. The molecule has 0 unspecified atom stereocenters. The first kappa shape index (κ1) is 31.2. The monoisotopic (exact) mass is 596 g/mol. The van der Waals surface area contributed by atoms with Crippen molar-refractivity contribution >= 4 is 28.6 Å². The van der Waals surface area contributed by atoms with Gasteiger partial charge in [0.1, 0.15) is 5.65 Å². The van der Waals surface area contributed by atoms with E-state index in [1.807, 2.05) is 38.1 Å². The number of hydrogen-bond acceptors (Lipinski definition) is 6. The third kappa shape index (κ3) is 7.95. The van der Waals surface area contributed by atoms with E-state index in [1.165, 1.54) is 4.57 Å². The van der Waals surface area contributed by atoms with Crippen LogP contribution in [0.15, 0.2) is 58.4 Å². The molecule has 0 aliphatic rings. The largest absolute Gasteiger partial charge is 0.394 e. The van der Waals surface area contributed by atoms with Gasteiger partial charge < -0.3 is 32.6 Å². The van der Waals surface area contributed by atoms with Gasteiger partial charge in [-0.1, -0.05) is 23.7 Å². The zero-order valence-corrected chi connectivity index (χ0v) is 24.5. The van der Waals surface area contributed by atoms with Gasteiger partial charge >= 0.3 is 5.69 Å². The summed E-state index contributed by atoms with van der Waals surface area (Å²) < 4.78 is 16.5. The summed E-state index contributed by atoms with van der Waals surface area (Å²) in [5.74, 6) is -0.582. The van der Waals surface area contributed by atoms with Crippen molar-refractivity contribution in [2.45, 2.75) is 64.2 Å². The molecule has 0 fully saturated rings. The van der Waals surface area contributed by atoms with Gasteiger partial charge in [-0.25, -0.2) is 14.2 Å². The minimum Gasteiger partial charge on any atom is -0.394 e.